The predicted molar refractivity (Wildman–Crippen MR) is 72.8 cm³/mol. The minimum absolute atomic E-state index is 0.163. The monoisotopic (exact) mass is 281 g/mol. The lowest BCUT2D eigenvalue weighted by Gasteiger charge is -2.06. The summed E-state index contributed by atoms with van der Waals surface area (Å²) in [4.78, 5) is 22.0. The summed E-state index contributed by atoms with van der Waals surface area (Å²) in [6.07, 6.45) is 3.24. The number of phenols is 2. The Labute approximate surface area is 117 Å². The van der Waals surface area contributed by atoms with Gasteiger partial charge in [-0.3, -0.25) is 9.59 Å². The van der Waals surface area contributed by atoms with Crippen molar-refractivity contribution in [2.24, 2.45) is 0 Å². The number of hydrogen-bond acceptors (Lipinski definition) is 4. The van der Waals surface area contributed by atoms with Gasteiger partial charge in [0.05, 0.1) is 0 Å². The average Bonchev–Trinajstić information content (AvgIpc) is 2.35. The molecule has 0 unspecified atom stereocenters. The van der Waals surface area contributed by atoms with Crippen molar-refractivity contribution in [3.05, 3.63) is 23.8 Å². The Bertz CT molecular complexity index is 452. The van der Waals surface area contributed by atoms with Gasteiger partial charge in [0.15, 0.2) is 0 Å². The van der Waals surface area contributed by atoms with Crippen LogP contribution in [0.1, 0.15) is 42.5 Å². The quantitative estimate of drug-likeness (QED) is 0.544. The first-order valence-corrected chi connectivity index (χ1v) is 6.52. The molecule has 0 bridgehead atoms. The van der Waals surface area contributed by atoms with Crippen molar-refractivity contribution in [2.45, 2.75) is 32.1 Å². The first-order valence-electron chi connectivity index (χ1n) is 6.52. The molecule has 1 aromatic rings. The van der Waals surface area contributed by atoms with E-state index >= 15 is 0 Å². The van der Waals surface area contributed by atoms with Gasteiger partial charge in [-0.05, 0) is 25.0 Å². The molecule has 1 rings (SSSR count). The van der Waals surface area contributed by atoms with Crippen LogP contribution in [0.4, 0.5) is 0 Å². The normalized spacial score (nSPS) is 10.2. The Kier molecular flexibility index (Phi) is 6.36. The molecule has 0 aliphatic heterocycles. The largest absolute Gasteiger partial charge is 0.508 e. The van der Waals surface area contributed by atoms with Gasteiger partial charge in [-0.15, -0.1) is 0 Å². The molecule has 0 aliphatic carbocycles. The number of nitrogens with one attached hydrogen (secondary N) is 1. The summed E-state index contributed by atoms with van der Waals surface area (Å²) in [5.41, 5.74) is 0.202. The zero-order chi connectivity index (χ0) is 15.0. The van der Waals surface area contributed by atoms with Gasteiger partial charge in [0.1, 0.15) is 11.5 Å². The van der Waals surface area contributed by atoms with Crippen LogP contribution >= 0.6 is 0 Å². The summed E-state index contributed by atoms with van der Waals surface area (Å²) in [6.45, 7) is 0.475. The van der Waals surface area contributed by atoms with Gasteiger partial charge in [-0.2, -0.15) is 0 Å². The van der Waals surface area contributed by atoms with Gasteiger partial charge >= 0.3 is 5.97 Å². The Hall–Kier alpha value is -2.24. The molecule has 0 fully saturated rings. The van der Waals surface area contributed by atoms with Crippen LogP contribution in [-0.2, 0) is 4.79 Å². The van der Waals surface area contributed by atoms with Crippen molar-refractivity contribution in [1.82, 2.24) is 5.32 Å². The van der Waals surface area contributed by atoms with Crippen LogP contribution in [0.2, 0.25) is 0 Å². The molecular weight excluding hydrogens is 262 g/mol. The molecule has 0 heterocycles. The lowest BCUT2D eigenvalue weighted by molar-refractivity contribution is -0.137. The number of aliphatic carboxylic acids is 1. The Morgan fingerprint density at radius 2 is 1.55 bits per heavy atom. The molecule has 110 valence electrons. The van der Waals surface area contributed by atoms with E-state index in [1.54, 1.807) is 0 Å². The molecular formula is C14H19NO5. The van der Waals surface area contributed by atoms with Gasteiger partial charge in [0.25, 0.3) is 5.91 Å². The van der Waals surface area contributed by atoms with Crippen LogP contribution in [-0.4, -0.2) is 33.7 Å². The molecule has 0 spiro atoms. The Morgan fingerprint density at radius 1 is 0.950 bits per heavy atom. The van der Waals surface area contributed by atoms with E-state index in [4.69, 9.17) is 5.11 Å². The topological polar surface area (TPSA) is 107 Å². The van der Waals surface area contributed by atoms with E-state index in [1.807, 2.05) is 0 Å². The highest BCUT2D eigenvalue weighted by Gasteiger charge is 2.07. The van der Waals surface area contributed by atoms with Crippen LogP contribution in [0, 0.1) is 0 Å². The number of carbonyl (C=O) groups excluding carboxylic acids is 1. The second-order valence-electron chi connectivity index (χ2n) is 4.55. The molecule has 0 aliphatic rings. The van der Waals surface area contributed by atoms with E-state index < -0.39 is 5.97 Å². The maximum absolute atomic E-state index is 11.7. The summed E-state index contributed by atoms with van der Waals surface area (Å²) < 4.78 is 0. The van der Waals surface area contributed by atoms with E-state index in [9.17, 15) is 19.8 Å². The molecule has 0 atom stereocenters. The van der Waals surface area contributed by atoms with Gasteiger partial charge in [0.2, 0.25) is 0 Å². The number of amides is 1. The fourth-order valence-corrected chi connectivity index (χ4v) is 1.79. The van der Waals surface area contributed by atoms with Crippen molar-refractivity contribution in [1.29, 1.82) is 0 Å². The summed E-state index contributed by atoms with van der Waals surface area (Å²) >= 11 is 0. The van der Waals surface area contributed by atoms with E-state index in [0.29, 0.717) is 13.0 Å². The molecule has 4 N–H and O–H groups in total. The predicted octanol–water partition coefficient (Wildman–Crippen LogP) is 1.86. The highest BCUT2D eigenvalue weighted by molar-refractivity contribution is 5.95. The zero-order valence-electron chi connectivity index (χ0n) is 11.1. The SMILES string of the molecule is O=C(O)CCCCCCNC(=O)c1cc(O)cc(O)c1. The third-order valence-electron chi connectivity index (χ3n) is 2.77. The van der Waals surface area contributed by atoms with E-state index in [2.05, 4.69) is 5.32 Å². The molecule has 0 saturated heterocycles. The fraction of sp³-hybridized carbons (Fsp3) is 0.429. The Balaban J connectivity index is 2.21. The minimum atomic E-state index is -0.790. The molecule has 1 amide bonds. The van der Waals surface area contributed by atoms with Gasteiger partial charge in [0, 0.05) is 24.6 Å². The van der Waals surface area contributed by atoms with Crippen molar-refractivity contribution < 1.29 is 24.9 Å². The third kappa shape index (κ3) is 6.08. The number of rotatable bonds is 8. The van der Waals surface area contributed by atoms with E-state index in [1.165, 1.54) is 12.1 Å². The van der Waals surface area contributed by atoms with Crippen molar-refractivity contribution in [3.8, 4) is 11.5 Å². The van der Waals surface area contributed by atoms with Gasteiger partial charge in [-0.1, -0.05) is 12.8 Å². The number of aromatic hydroxyl groups is 2. The standard InChI is InChI=1S/C14H19NO5/c16-11-7-10(8-12(17)9-11)14(20)15-6-4-2-1-3-5-13(18)19/h7-9,16-17H,1-6H2,(H,15,20)(H,18,19). The minimum Gasteiger partial charge on any atom is -0.508 e. The third-order valence-corrected chi connectivity index (χ3v) is 2.77. The fourth-order valence-electron chi connectivity index (χ4n) is 1.79. The number of carboxylic acids is 1. The average molecular weight is 281 g/mol. The second-order valence-corrected chi connectivity index (χ2v) is 4.55. The van der Waals surface area contributed by atoms with Crippen molar-refractivity contribution in [2.75, 3.05) is 6.54 Å². The van der Waals surface area contributed by atoms with Crippen LogP contribution < -0.4 is 5.32 Å². The summed E-state index contributed by atoms with van der Waals surface area (Å²) in [5.74, 6) is -1.48. The molecule has 1 aromatic carbocycles. The summed E-state index contributed by atoms with van der Waals surface area (Å²) in [6, 6.07) is 3.71. The van der Waals surface area contributed by atoms with E-state index in [-0.39, 0.29) is 29.4 Å². The second kappa shape index (κ2) is 8.04. The highest BCUT2D eigenvalue weighted by Crippen LogP contribution is 2.20. The number of hydrogen-bond donors (Lipinski definition) is 4. The van der Waals surface area contributed by atoms with Crippen LogP contribution in [0.3, 0.4) is 0 Å². The lowest BCUT2D eigenvalue weighted by Crippen LogP contribution is -2.24. The number of benzene rings is 1. The first kappa shape index (κ1) is 15.8. The molecule has 0 radical (unpaired) electrons. The molecule has 6 nitrogen and oxygen atoms in total. The van der Waals surface area contributed by atoms with Crippen LogP contribution in [0.25, 0.3) is 0 Å². The Morgan fingerprint density at radius 3 is 2.15 bits per heavy atom. The maximum atomic E-state index is 11.7. The number of carboxylic acid groups (broad SMARTS) is 1. The lowest BCUT2D eigenvalue weighted by atomic mass is 10.1. The smallest absolute Gasteiger partial charge is 0.303 e. The molecule has 6 heteroatoms. The first-order chi connectivity index (χ1) is 9.49. The molecule has 20 heavy (non-hydrogen) atoms. The van der Waals surface area contributed by atoms with Crippen LogP contribution in [0.15, 0.2) is 18.2 Å². The highest BCUT2D eigenvalue weighted by atomic mass is 16.4. The number of unbranched alkanes of at least 4 members (excludes halogenated alkanes) is 3. The zero-order valence-corrected chi connectivity index (χ0v) is 11.1. The summed E-state index contributed by atoms with van der Waals surface area (Å²) in [5, 5.41) is 29.7. The maximum Gasteiger partial charge on any atom is 0.303 e. The van der Waals surface area contributed by atoms with Gasteiger partial charge < -0.3 is 20.6 Å². The van der Waals surface area contributed by atoms with Crippen molar-refractivity contribution >= 4 is 11.9 Å². The van der Waals surface area contributed by atoms with Gasteiger partial charge in [-0.25, -0.2) is 0 Å². The molecule has 0 aromatic heterocycles. The van der Waals surface area contributed by atoms with Crippen LogP contribution in [0.5, 0.6) is 11.5 Å². The number of carbonyl (C=O) groups is 2. The van der Waals surface area contributed by atoms with E-state index in [0.717, 1.165) is 25.3 Å². The number of phenolic OH excluding ortho intramolecular Hbond substituents is 2. The molecule has 0 saturated carbocycles. The van der Waals surface area contributed by atoms with Crippen molar-refractivity contribution in [3.63, 3.8) is 0 Å². The summed E-state index contributed by atoms with van der Waals surface area (Å²) in [7, 11) is 0.